The molecule has 4 nitrogen and oxygen atoms in total. The van der Waals surface area contributed by atoms with Gasteiger partial charge in [0.15, 0.2) is 10.9 Å². The van der Waals surface area contributed by atoms with E-state index < -0.39 is 0 Å². The molecule has 0 saturated carbocycles. The lowest BCUT2D eigenvalue weighted by Gasteiger charge is -2.05. The summed E-state index contributed by atoms with van der Waals surface area (Å²) in [6, 6.07) is 16.3. The molecular weight excluding hydrogens is 288 g/mol. The van der Waals surface area contributed by atoms with Gasteiger partial charge in [0.25, 0.3) is 0 Å². The highest BCUT2D eigenvalue weighted by Gasteiger charge is 2.11. The quantitative estimate of drug-likeness (QED) is 0.789. The number of aromatic hydroxyl groups is 1. The molecule has 21 heavy (non-hydrogen) atoms. The van der Waals surface area contributed by atoms with Gasteiger partial charge >= 0.3 is 0 Å². The van der Waals surface area contributed by atoms with Gasteiger partial charge in [0.05, 0.1) is 12.7 Å². The van der Waals surface area contributed by atoms with Crippen molar-refractivity contribution in [1.29, 1.82) is 0 Å². The van der Waals surface area contributed by atoms with E-state index in [0.717, 1.165) is 5.56 Å². The first-order valence-corrected chi connectivity index (χ1v) is 6.82. The van der Waals surface area contributed by atoms with E-state index in [-0.39, 0.29) is 5.75 Å². The van der Waals surface area contributed by atoms with Crippen LogP contribution in [-0.4, -0.2) is 14.9 Å². The van der Waals surface area contributed by atoms with Crippen LogP contribution < -0.4 is 4.74 Å². The first kappa shape index (κ1) is 13.5. The molecule has 0 aliphatic rings. The molecule has 0 radical (unpaired) electrons. The van der Waals surface area contributed by atoms with Crippen LogP contribution in [0, 0.1) is 0 Å². The summed E-state index contributed by atoms with van der Waals surface area (Å²) in [6.45, 7) is 0.511. The van der Waals surface area contributed by atoms with E-state index in [0.29, 0.717) is 23.2 Å². The molecule has 0 saturated heterocycles. The van der Waals surface area contributed by atoms with Crippen molar-refractivity contribution in [3.05, 3.63) is 71.5 Å². The van der Waals surface area contributed by atoms with Crippen molar-refractivity contribution in [3.8, 4) is 17.2 Å². The second-order valence-corrected chi connectivity index (χ2v) is 4.90. The first-order valence-electron chi connectivity index (χ1n) is 6.44. The standard InChI is InChI=1S/C16H13ClN2O2/c17-16-15(21-14-4-2-1-3-5-14)10-18-19(16)11-12-6-8-13(20)9-7-12/h1-10,20H,11H2. The van der Waals surface area contributed by atoms with Crippen molar-refractivity contribution < 1.29 is 9.84 Å². The Hall–Kier alpha value is -2.46. The minimum absolute atomic E-state index is 0.235. The van der Waals surface area contributed by atoms with Gasteiger partial charge in [-0.05, 0) is 29.8 Å². The first-order chi connectivity index (χ1) is 10.2. The Balaban J connectivity index is 1.77. The summed E-state index contributed by atoms with van der Waals surface area (Å²) in [4.78, 5) is 0. The summed E-state index contributed by atoms with van der Waals surface area (Å²) in [6.07, 6.45) is 1.59. The Morgan fingerprint density at radius 3 is 2.48 bits per heavy atom. The summed E-state index contributed by atoms with van der Waals surface area (Å²) in [7, 11) is 0. The number of phenolic OH excluding ortho intramolecular Hbond substituents is 1. The highest BCUT2D eigenvalue weighted by Crippen LogP contribution is 2.29. The lowest BCUT2D eigenvalue weighted by molar-refractivity contribution is 0.474. The third kappa shape index (κ3) is 3.17. The maximum Gasteiger partial charge on any atom is 0.184 e. The maximum atomic E-state index is 9.28. The number of hydrogen-bond acceptors (Lipinski definition) is 3. The molecule has 0 unspecified atom stereocenters. The summed E-state index contributed by atoms with van der Waals surface area (Å²) in [5, 5.41) is 13.9. The van der Waals surface area contributed by atoms with Gasteiger partial charge in [-0.1, -0.05) is 41.9 Å². The van der Waals surface area contributed by atoms with E-state index in [1.165, 1.54) is 0 Å². The Morgan fingerprint density at radius 1 is 1.05 bits per heavy atom. The van der Waals surface area contributed by atoms with Crippen LogP contribution >= 0.6 is 11.6 Å². The average molecular weight is 301 g/mol. The van der Waals surface area contributed by atoms with Crippen LogP contribution in [0.4, 0.5) is 0 Å². The van der Waals surface area contributed by atoms with Gasteiger partial charge in [-0.15, -0.1) is 0 Å². The Bertz CT molecular complexity index is 724. The number of benzene rings is 2. The molecule has 1 heterocycles. The minimum atomic E-state index is 0.235. The summed E-state index contributed by atoms with van der Waals surface area (Å²) in [5.41, 5.74) is 0.990. The highest BCUT2D eigenvalue weighted by atomic mass is 35.5. The van der Waals surface area contributed by atoms with Crippen molar-refractivity contribution in [2.75, 3.05) is 0 Å². The molecule has 3 rings (SSSR count). The normalized spacial score (nSPS) is 10.5. The monoisotopic (exact) mass is 300 g/mol. The number of hydrogen-bond donors (Lipinski definition) is 1. The molecule has 2 aromatic carbocycles. The van der Waals surface area contributed by atoms with Gasteiger partial charge in [0, 0.05) is 0 Å². The lowest BCUT2D eigenvalue weighted by atomic mass is 10.2. The van der Waals surface area contributed by atoms with Crippen LogP contribution in [0.25, 0.3) is 0 Å². The molecule has 106 valence electrons. The van der Waals surface area contributed by atoms with E-state index in [4.69, 9.17) is 16.3 Å². The van der Waals surface area contributed by atoms with Gasteiger partial charge in [0.1, 0.15) is 11.5 Å². The predicted molar refractivity (Wildman–Crippen MR) is 81.0 cm³/mol. The van der Waals surface area contributed by atoms with Crippen molar-refractivity contribution in [2.45, 2.75) is 6.54 Å². The van der Waals surface area contributed by atoms with Gasteiger partial charge in [-0.25, -0.2) is 4.68 Å². The Labute approximate surface area is 127 Å². The maximum absolute atomic E-state index is 9.28. The fraction of sp³-hybridized carbons (Fsp3) is 0.0625. The van der Waals surface area contributed by atoms with Crippen molar-refractivity contribution in [1.82, 2.24) is 9.78 Å². The third-order valence-electron chi connectivity index (χ3n) is 2.98. The van der Waals surface area contributed by atoms with E-state index in [9.17, 15) is 5.11 Å². The average Bonchev–Trinajstić information content (AvgIpc) is 2.84. The SMILES string of the molecule is Oc1ccc(Cn2ncc(Oc3ccccc3)c2Cl)cc1. The molecule has 0 aliphatic heterocycles. The highest BCUT2D eigenvalue weighted by molar-refractivity contribution is 6.31. The van der Waals surface area contributed by atoms with Crippen molar-refractivity contribution in [3.63, 3.8) is 0 Å². The second-order valence-electron chi connectivity index (χ2n) is 4.54. The van der Waals surface area contributed by atoms with Gasteiger partial charge < -0.3 is 9.84 Å². The fourth-order valence-corrected chi connectivity index (χ4v) is 2.11. The van der Waals surface area contributed by atoms with Crippen LogP contribution in [0.15, 0.2) is 60.8 Å². The van der Waals surface area contributed by atoms with Crippen molar-refractivity contribution >= 4 is 11.6 Å². The van der Waals surface area contributed by atoms with Gasteiger partial charge in [-0.3, -0.25) is 0 Å². The van der Waals surface area contributed by atoms with Crippen LogP contribution in [0.3, 0.4) is 0 Å². The number of rotatable bonds is 4. The van der Waals surface area contributed by atoms with Gasteiger partial charge in [-0.2, -0.15) is 5.10 Å². The minimum Gasteiger partial charge on any atom is -0.508 e. The van der Waals surface area contributed by atoms with Crippen LogP contribution in [0.2, 0.25) is 5.15 Å². The summed E-state index contributed by atoms with van der Waals surface area (Å²) < 4.78 is 7.34. The lowest BCUT2D eigenvalue weighted by Crippen LogP contribution is -2.01. The zero-order chi connectivity index (χ0) is 14.7. The topological polar surface area (TPSA) is 47.3 Å². The van der Waals surface area contributed by atoms with Crippen LogP contribution in [0.1, 0.15) is 5.56 Å². The third-order valence-corrected chi connectivity index (χ3v) is 3.37. The Kier molecular flexibility index (Phi) is 3.79. The Morgan fingerprint density at radius 2 is 1.76 bits per heavy atom. The molecular formula is C16H13ClN2O2. The number of para-hydroxylation sites is 1. The van der Waals surface area contributed by atoms with E-state index in [2.05, 4.69) is 5.10 Å². The molecule has 5 heteroatoms. The van der Waals surface area contributed by atoms with Crippen molar-refractivity contribution in [2.24, 2.45) is 0 Å². The fourth-order valence-electron chi connectivity index (χ4n) is 1.92. The molecule has 0 amide bonds. The molecule has 1 aromatic heterocycles. The molecule has 0 fully saturated rings. The van der Waals surface area contributed by atoms with Crippen LogP contribution in [0.5, 0.6) is 17.2 Å². The zero-order valence-electron chi connectivity index (χ0n) is 11.1. The summed E-state index contributed by atoms with van der Waals surface area (Å²) in [5.74, 6) is 1.46. The molecule has 1 N–H and O–H groups in total. The molecule has 0 bridgehead atoms. The van der Waals surface area contributed by atoms with E-state index in [1.807, 2.05) is 42.5 Å². The summed E-state index contributed by atoms with van der Waals surface area (Å²) >= 11 is 6.28. The number of halogens is 1. The molecule has 0 atom stereocenters. The number of phenols is 1. The largest absolute Gasteiger partial charge is 0.508 e. The molecule has 3 aromatic rings. The molecule has 0 aliphatic carbocycles. The smallest absolute Gasteiger partial charge is 0.184 e. The second kappa shape index (κ2) is 5.89. The molecule has 0 spiro atoms. The zero-order valence-corrected chi connectivity index (χ0v) is 11.9. The van der Waals surface area contributed by atoms with Crippen LogP contribution in [-0.2, 0) is 6.54 Å². The number of nitrogens with zero attached hydrogens (tertiary/aromatic N) is 2. The van der Waals surface area contributed by atoms with E-state index >= 15 is 0 Å². The predicted octanol–water partition coefficient (Wildman–Crippen LogP) is 4.08. The van der Waals surface area contributed by atoms with Gasteiger partial charge in [0.2, 0.25) is 0 Å². The van der Waals surface area contributed by atoms with E-state index in [1.54, 1.807) is 23.0 Å². The number of aromatic nitrogens is 2. The number of ether oxygens (including phenoxy) is 1.